The molecule has 0 amide bonds. The van der Waals surface area contributed by atoms with Crippen molar-refractivity contribution in [3.05, 3.63) is 24.8 Å². The quantitative estimate of drug-likeness (QED) is 0.390. The average molecular weight is 166 g/mol. The maximum atomic E-state index is 3.67. The van der Waals surface area contributed by atoms with Gasteiger partial charge in [0.2, 0.25) is 0 Å². The molecule has 1 unspecified atom stereocenters. The number of unbranched alkanes of at least 4 members (excludes halogenated alkanes) is 1. The van der Waals surface area contributed by atoms with E-state index in [1.807, 2.05) is 6.08 Å². The fourth-order valence-electron chi connectivity index (χ4n) is 1.10. The van der Waals surface area contributed by atoms with Gasteiger partial charge >= 0.3 is 0 Å². The first kappa shape index (κ1) is 11.5. The number of hydrogen-bond donors (Lipinski definition) is 0. The molecule has 0 aromatic rings. The van der Waals surface area contributed by atoms with Crippen molar-refractivity contribution in [2.24, 2.45) is 5.92 Å². The van der Waals surface area contributed by atoms with Crippen molar-refractivity contribution in [1.29, 1.82) is 0 Å². The Kier molecular flexibility index (Phi) is 8.20. The molecular weight excluding hydrogens is 144 g/mol. The Hall–Kier alpha value is -0.520. The molecule has 70 valence electrons. The Labute approximate surface area is 77.4 Å². The molecule has 0 aliphatic heterocycles. The Morgan fingerprint density at radius 3 is 2.67 bits per heavy atom. The molecule has 0 aromatic heterocycles. The van der Waals surface area contributed by atoms with E-state index in [4.69, 9.17) is 0 Å². The fraction of sp³-hybridized carbons (Fsp3) is 0.667. The number of hydrogen-bond acceptors (Lipinski definition) is 0. The third-order valence-electron chi connectivity index (χ3n) is 2.23. The van der Waals surface area contributed by atoms with Crippen LogP contribution in [0.4, 0.5) is 0 Å². The average Bonchev–Trinajstić information content (AvgIpc) is 2.10. The Morgan fingerprint density at radius 1 is 1.33 bits per heavy atom. The molecule has 0 aromatic carbocycles. The molecule has 0 heteroatoms. The van der Waals surface area contributed by atoms with Crippen molar-refractivity contribution in [3.8, 4) is 0 Å². The normalized spacial score (nSPS) is 13.5. The van der Waals surface area contributed by atoms with Gasteiger partial charge in [-0.25, -0.2) is 0 Å². The molecule has 0 saturated carbocycles. The highest BCUT2D eigenvalue weighted by Crippen LogP contribution is 2.11. The molecule has 0 nitrogen and oxygen atoms in total. The highest BCUT2D eigenvalue weighted by Gasteiger charge is 1.95. The van der Waals surface area contributed by atoms with Crippen molar-refractivity contribution in [2.75, 3.05) is 0 Å². The second-order valence-electron chi connectivity index (χ2n) is 3.44. The summed E-state index contributed by atoms with van der Waals surface area (Å²) in [4.78, 5) is 0. The van der Waals surface area contributed by atoms with Gasteiger partial charge in [0.15, 0.2) is 0 Å². The second kappa shape index (κ2) is 8.58. The minimum Gasteiger partial charge on any atom is -0.103 e. The Bertz CT molecular complexity index is 122. The van der Waals surface area contributed by atoms with E-state index in [2.05, 4.69) is 32.6 Å². The van der Waals surface area contributed by atoms with E-state index < -0.39 is 0 Å². The van der Waals surface area contributed by atoms with Crippen LogP contribution in [0.5, 0.6) is 0 Å². The summed E-state index contributed by atoms with van der Waals surface area (Å²) in [5, 5.41) is 0. The van der Waals surface area contributed by atoms with E-state index in [-0.39, 0.29) is 0 Å². The van der Waals surface area contributed by atoms with Crippen LogP contribution in [0.1, 0.15) is 46.0 Å². The highest BCUT2D eigenvalue weighted by atomic mass is 14.0. The predicted octanol–water partition coefficient (Wildman–Crippen LogP) is 4.34. The van der Waals surface area contributed by atoms with E-state index >= 15 is 0 Å². The predicted molar refractivity (Wildman–Crippen MR) is 57.3 cm³/mol. The van der Waals surface area contributed by atoms with Crippen LogP contribution in [0.15, 0.2) is 24.8 Å². The van der Waals surface area contributed by atoms with Gasteiger partial charge in [-0.1, -0.05) is 44.9 Å². The second-order valence-corrected chi connectivity index (χ2v) is 3.44. The lowest BCUT2D eigenvalue weighted by Crippen LogP contribution is -1.90. The van der Waals surface area contributed by atoms with Crippen molar-refractivity contribution in [3.63, 3.8) is 0 Å². The van der Waals surface area contributed by atoms with E-state index in [9.17, 15) is 0 Å². The van der Waals surface area contributed by atoms with Crippen LogP contribution in [0, 0.1) is 5.92 Å². The summed E-state index contributed by atoms with van der Waals surface area (Å²) in [5.41, 5.74) is 0. The molecule has 0 saturated heterocycles. The van der Waals surface area contributed by atoms with Crippen LogP contribution >= 0.6 is 0 Å². The van der Waals surface area contributed by atoms with E-state index in [1.165, 1.54) is 25.7 Å². The molecule has 0 radical (unpaired) electrons. The Balaban J connectivity index is 3.14. The van der Waals surface area contributed by atoms with Crippen LogP contribution in [-0.4, -0.2) is 0 Å². The minimum absolute atomic E-state index is 0.901. The van der Waals surface area contributed by atoms with Gasteiger partial charge in [-0.05, 0) is 25.2 Å². The topological polar surface area (TPSA) is 0 Å². The van der Waals surface area contributed by atoms with Gasteiger partial charge in [0.1, 0.15) is 0 Å². The lowest BCUT2D eigenvalue weighted by Gasteiger charge is -2.05. The third kappa shape index (κ3) is 7.59. The summed E-state index contributed by atoms with van der Waals surface area (Å²) in [5.74, 6) is 0.901. The minimum atomic E-state index is 0.901. The molecule has 0 bridgehead atoms. The molecule has 0 fully saturated rings. The molecule has 0 aliphatic rings. The first-order valence-electron chi connectivity index (χ1n) is 5.07. The van der Waals surface area contributed by atoms with Crippen molar-refractivity contribution in [2.45, 2.75) is 46.0 Å². The first-order valence-corrected chi connectivity index (χ1v) is 5.07. The van der Waals surface area contributed by atoms with E-state index in [0.717, 1.165) is 12.3 Å². The summed E-state index contributed by atoms with van der Waals surface area (Å²) in [6.45, 7) is 8.26. The fourth-order valence-corrected chi connectivity index (χ4v) is 1.10. The van der Waals surface area contributed by atoms with E-state index in [0.29, 0.717) is 0 Å². The smallest absolute Gasteiger partial charge is 0.0172 e. The molecule has 0 rings (SSSR count). The lowest BCUT2D eigenvalue weighted by molar-refractivity contribution is 0.498. The monoisotopic (exact) mass is 166 g/mol. The molecule has 12 heavy (non-hydrogen) atoms. The van der Waals surface area contributed by atoms with Gasteiger partial charge in [-0.15, -0.1) is 6.58 Å². The number of allylic oxidation sites excluding steroid dienone is 3. The SMILES string of the molecule is C=CCC=CCCCC(C)CC. The standard InChI is InChI=1S/C12H22/c1-4-6-7-8-9-10-11-12(3)5-2/h4,7-8,12H,1,5-6,9-11H2,2-3H3. The summed E-state index contributed by atoms with van der Waals surface area (Å²) in [6, 6.07) is 0. The van der Waals surface area contributed by atoms with Crippen LogP contribution < -0.4 is 0 Å². The van der Waals surface area contributed by atoms with Crippen molar-refractivity contribution >= 4 is 0 Å². The largest absolute Gasteiger partial charge is 0.103 e. The van der Waals surface area contributed by atoms with Crippen LogP contribution in [0.3, 0.4) is 0 Å². The maximum Gasteiger partial charge on any atom is -0.0172 e. The summed E-state index contributed by atoms with van der Waals surface area (Å²) in [7, 11) is 0. The zero-order chi connectivity index (χ0) is 9.23. The zero-order valence-electron chi connectivity index (χ0n) is 8.55. The highest BCUT2D eigenvalue weighted by molar-refractivity contribution is 4.88. The molecule has 0 N–H and O–H groups in total. The van der Waals surface area contributed by atoms with Gasteiger partial charge in [0.05, 0.1) is 0 Å². The van der Waals surface area contributed by atoms with Gasteiger partial charge < -0.3 is 0 Å². The maximum absolute atomic E-state index is 3.67. The van der Waals surface area contributed by atoms with Crippen LogP contribution in [0.2, 0.25) is 0 Å². The molecular formula is C12H22. The number of rotatable bonds is 7. The summed E-state index contributed by atoms with van der Waals surface area (Å²) in [6.07, 6.45) is 12.7. The first-order chi connectivity index (χ1) is 5.81. The Morgan fingerprint density at radius 2 is 2.08 bits per heavy atom. The summed E-state index contributed by atoms with van der Waals surface area (Å²) < 4.78 is 0. The van der Waals surface area contributed by atoms with Gasteiger partial charge in [0, 0.05) is 0 Å². The van der Waals surface area contributed by atoms with Gasteiger partial charge in [-0.3, -0.25) is 0 Å². The third-order valence-corrected chi connectivity index (χ3v) is 2.23. The van der Waals surface area contributed by atoms with E-state index in [1.54, 1.807) is 0 Å². The van der Waals surface area contributed by atoms with Crippen molar-refractivity contribution < 1.29 is 0 Å². The molecule has 0 heterocycles. The zero-order valence-corrected chi connectivity index (χ0v) is 8.55. The van der Waals surface area contributed by atoms with Crippen molar-refractivity contribution in [1.82, 2.24) is 0 Å². The van der Waals surface area contributed by atoms with Crippen LogP contribution in [0.25, 0.3) is 0 Å². The van der Waals surface area contributed by atoms with Gasteiger partial charge in [0.25, 0.3) is 0 Å². The lowest BCUT2D eigenvalue weighted by atomic mass is 10.0. The summed E-state index contributed by atoms with van der Waals surface area (Å²) >= 11 is 0. The molecule has 0 spiro atoms. The van der Waals surface area contributed by atoms with Gasteiger partial charge in [-0.2, -0.15) is 0 Å². The van der Waals surface area contributed by atoms with Crippen LogP contribution in [-0.2, 0) is 0 Å². The molecule has 1 atom stereocenters. The molecule has 0 aliphatic carbocycles.